The van der Waals surface area contributed by atoms with Crippen molar-refractivity contribution in [3.8, 4) is 17.2 Å². The lowest BCUT2D eigenvalue weighted by atomic mass is 10.0. The van der Waals surface area contributed by atoms with E-state index in [0.717, 1.165) is 22.6 Å². The van der Waals surface area contributed by atoms with Gasteiger partial charge < -0.3 is 19.5 Å². The minimum absolute atomic E-state index is 0.0147. The normalized spacial score (nSPS) is 16.6. The van der Waals surface area contributed by atoms with E-state index >= 15 is 0 Å². The maximum absolute atomic E-state index is 11.2. The summed E-state index contributed by atoms with van der Waals surface area (Å²) in [6, 6.07) is 11.3. The molecule has 1 aliphatic heterocycles. The summed E-state index contributed by atoms with van der Waals surface area (Å²) in [5, 5.41) is 14.8. The van der Waals surface area contributed by atoms with Crippen LogP contribution in [-0.4, -0.2) is 25.2 Å². The largest absolute Gasteiger partial charge is 0.490 e. The number of benzene rings is 2. The zero-order chi connectivity index (χ0) is 18.8. The van der Waals surface area contributed by atoms with Crippen LogP contribution in [0.5, 0.6) is 17.2 Å². The second-order valence-corrected chi connectivity index (χ2v) is 6.86. The van der Waals surface area contributed by atoms with Crippen molar-refractivity contribution in [1.82, 2.24) is 5.32 Å². The molecule has 1 N–H and O–H groups in total. The van der Waals surface area contributed by atoms with Crippen LogP contribution in [0.3, 0.4) is 0 Å². The quantitative estimate of drug-likeness (QED) is 0.592. The predicted molar refractivity (Wildman–Crippen MR) is 99.4 cm³/mol. The van der Waals surface area contributed by atoms with E-state index in [0.29, 0.717) is 25.7 Å². The van der Waals surface area contributed by atoms with Gasteiger partial charge in [0.2, 0.25) is 0 Å². The zero-order valence-electron chi connectivity index (χ0n) is 15.1. The number of nitro groups is 1. The third-order valence-corrected chi connectivity index (χ3v) is 4.98. The number of rotatable bonds is 7. The van der Waals surface area contributed by atoms with E-state index in [1.165, 1.54) is 20.0 Å². The van der Waals surface area contributed by atoms with E-state index in [2.05, 4.69) is 11.4 Å². The molecule has 27 heavy (non-hydrogen) atoms. The van der Waals surface area contributed by atoms with Gasteiger partial charge in [0.05, 0.1) is 12.0 Å². The molecule has 1 saturated carbocycles. The first-order chi connectivity index (χ1) is 13.2. The second kappa shape index (κ2) is 7.44. The molecule has 0 bridgehead atoms. The summed E-state index contributed by atoms with van der Waals surface area (Å²) < 4.78 is 16.4. The highest BCUT2D eigenvalue weighted by Crippen LogP contribution is 2.43. The Morgan fingerprint density at radius 3 is 2.67 bits per heavy atom. The third kappa shape index (κ3) is 3.83. The highest BCUT2D eigenvalue weighted by Gasteiger charge is 2.32. The number of hydrogen-bond acceptors (Lipinski definition) is 6. The SMILES string of the molecule is COc1ccc(CNC(c2ccc3c(c2)OCCO3)C2CC2)cc1[N+](=O)[O-]. The minimum atomic E-state index is -0.415. The molecule has 2 aliphatic rings. The van der Waals surface area contributed by atoms with Gasteiger partial charge in [-0.1, -0.05) is 12.1 Å². The molecule has 7 nitrogen and oxygen atoms in total. The fourth-order valence-corrected chi connectivity index (χ4v) is 3.46. The molecular formula is C20H22N2O5. The van der Waals surface area contributed by atoms with Gasteiger partial charge in [-0.15, -0.1) is 0 Å². The standard InChI is InChI=1S/C20H22N2O5/c1-25-17-6-2-13(10-16(17)22(23)24)12-21-20(14-3-4-14)15-5-7-18-19(11-15)27-9-8-26-18/h2,5-7,10-11,14,20-21H,3-4,8-9,12H2,1H3. The van der Waals surface area contributed by atoms with Gasteiger partial charge in [-0.3, -0.25) is 10.1 Å². The molecule has 1 unspecified atom stereocenters. The topological polar surface area (TPSA) is 82.9 Å². The van der Waals surface area contributed by atoms with Crippen LogP contribution in [0.15, 0.2) is 36.4 Å². The number of fused-ring (bicyclic) bond motifs is 1. The van der Waals surface area contributed by atoms with E-state index in [1.54, 1.807) is 12.1 Å². The number of nitrogens with zero attached hydrogens (tertiary/aromatic N) is 1. The molecular weight excluding hydrogens is 348 g/mol. The number of nitrogens with one attached hydrogen (secondary N) is 1. The van der Waals surface area contributed by atoms with Crippen molar-refractivity contribution in [3.63, 3.8) is 0 Å². The molecule has 1 fully saturated rings. The fourth-order valence-electron chi connectivity index (χ4n) is 3.46. The monoisotopic (exact) mass is 370 g/mol. The van der Waals surface area contributed by atoms with Crippen LogP contribution in [0.1, 0.15) is 30.0 Å². The first-order valence-corrected chi connectivity index (χ1v) is 9.10. The van der Waals surface area contributed by atoms with Gasteiger partial charge >= 0.3 is 5.69 Å². The molecule has 0 amide bonds. The lowest BCUT2D eigenvalue weighted by Gasteiger charge is -2.23. The van der Waals surface area contributed by atoms with Gasteiger partial charge in [0.25, 0.3) is 0 Å². The molecule has 0 saturated heterocycles. The van der Waals surface area contributed by atoms with Crippen molar-refractivity contribution < 1.29 is 19.1 Å². The molecule has 142 valence electrons. The molecule has 1 heterocycles. The minimum Gasteiger partial charge on any atom is -0.490 e. The van der Waals surface area contributed by atoms with Crippen molar-refractivity contribution in [2.75, 3.05) is 20.3 Å². The fraction of sp³-hybridized carbons (Fsp3) is 0.400. The van der Waals surface area contributed by atoms with Crippen molar-refractivity contribution >= 4 is 5.69 Å². The first kappa shape index (κ1) is 17.6. The Kier molecular flexibility index (Phi) is 4.85. The molecule has 1 atom stereocenters. The maximum Gasteiger partial charge on any atom is 0.311 e. The van der Waals surface area contributed by atoms with Crippen molar-refractivity contribution in [3.05, 3.63) is 57.6 Å². The Bertz CT molecular complexity index is 850. The summed E-state index contributed by atoms with van der Waals surface area (Å²) in [7, 11) is 1.44. The van der Waals surface area contributed by atoms with Crippen LogP contribution in [0.25, 0.3) is 0 Å². The molecule has 1 aliphatic carbocycles. The lowest BCUT2D eigenvalue weighted by molar-refractivity contribution is -0.385. The van der Waals surface area contributed by atoms with Crippen LogP contribution < -0.4 is 19.5 Å². The summed E-state index contributed by atoms with van der Waals surface area (Å²) >= 11 is 0. The number of nitro benzene ring substituents is 1. The first-order valence-electron chi connectivity index (χ1n) is 9.10. The van der Waals surface area contributed by atoms with Gasteiger partial charge in [-0.05, 0) is 48.1 Å². The summed E-state index contributed by atoms with van der Waals surface area (Å²) in [6.45, 7) is 1.68. The number of methoxy groups -OCH3 is 1. The van der Waals surface area contributed by atoms with Crippen LogP contribution in [0.4, 0.5) is 5.69 Å². The average molecular weight is 370 g/mol. The smallest absolute Gasteiger partial charge is 0.311 e. The van der Waals surface area contributed by atoms with Crippen LogP contribution >= 0.6 is 0 Å². The molecule has 0 aromatic heterocycles. The van der Waals surface area contributed by atoms with Crippen molar-refractivity contribution in [2.24, 2.45) is 5.92 Å². The summed E-state index contributed by atoms with van der Waals surface area (Å²) in [5.41, 5.74) is 1.99. The van der Waals surface area contributed by atoms with Gasteiger partial charge in [0.15, 0.2) is 17.2 Å². The Morgan fingerprint density at radius 2 is 1.96 bits per heavy atom. The highest BCUT2D eigenvalue weighted by molar-refractivity contribution is 5.49. The Morgan fingerprint density at radius 1 is 1.19 bits per heavy atom. The van der Waals surface area contributed by atoms with Gasteiger partial charge in [-0.25, -0.2) is 0 Å². The summed E-state index contributed by atoms with van der Waals surface area (Å²) in [4.78, 5) is 10.8. The summed E-state index contributed by atoms with van der Waals surface area (Å²) in [5.74, 6) is 2.41. The molecule has 0 radical (unpaired) electrons. The van der Waals surface area contributed by atoms with Gasteiger partial charge in [-0.2, -0.15) is 0 Å². The zero-order valence-corrected chi connectivity index (χ0v) is 15.1. The molecule has 7 heteroatoms. The maximum atomic E-state index is 11.2. The number of ether oxygens (including phenoxy) is 3. The highest BCUT2D eigenvalue weighted by atomic mass is 16.6. The third-order valence-electron chi connectivity index (χ3n) is 4.98. The Labute approximate surface area is 157 Å². The van der Waals surface area contributed by atoms with Gasteiger partial charge in [0.1, 0.15) is 13.2 Å². The Hall–Kier alpha value is -2.80. The molecule has 2 aromatic rings. The van der Waals surface area contributed by atoms with Crippen LogP contribution in [0, 0.1) is 16.0 Å². The van der Waals surface area contributed by atoms with E-state index < -0.39 is 4.92 Å². The molecule has 4 rings (SSSR count). The van der Waals surface area contributed by atoms with E-state index in [4.69, 9.17) is 14.2 Å². The van der Waals surface area contributed by atoms with E-state index in [1.807, 2.05) is 18.2 Å². The van der Waals surface area contributed by atoms with Crippen LogP contribution in [0.2, 0.25) is 0 Å². The van der Waals surface area contributed by atoms with Crippen molar-refractivity contribution in [1.29, 1.82) is 0 Å². The average Bonchev–Trinajstić information content (AvgIpc) is 3.53. The second-order valence-electron chi connectivity index (χ2n) is 6.86. The Balaban J connectivity index is 1.51. The summed E-state index contributed by atoms with van der Waals surface area (Å²) in [6.07, 6.45) is 2.35. The molecule has 0 spiro atoms. The lowest BCUT2D eigenvalue weighted by Crippen LogP contribution is -2.23. The van der Waals surface area contributed by atoms with Crippen molar-refractivity contribution in [2.45, 2.75) is 25.4 Å². The van der Waals surface area contributed by atoms with Crippen LogP contribution in [-0.2, 0) is 6.54 Å². The van der Waals surface area contributed by atoms with E-state index in [-0.39, 0.29) is 17.5 Å². The molecule has 2 aromatic carbocycles. The number of hydrogen-bond donors (Lipinski definition) is 1. The van der Waals surface area contributed by atoms with E-state index in [9.17, 15) is 10.1 Å². The predicted octanol–water partition coefficient (Wildman–Crippen LogP) is 3.62. The van der Waals surface area contributed by atoms with Gasteiger partial charge in [0, 0.05) is 18.7 Å².